The summed E-state index contributed by atoms with van der Waals surface area (Å²) in [5.41, 5.74) is 1.22. The van der Waals surface area contributed by atoms with Crippen molar-refractivity contribution in [2.45, 2.75) is 0 Å². The Morgan fingerprint density at radius 1 is 1.53 bits per heavy atom. The highest BCUT2D eigenvalue weighted by Gasteiger charge is 2.14. The standard InChI is InChI=1S/C13H11NO4S/c1-16-13(15)10(6-19-7-14)4-9-2-3-11-12(5-9)18-8-17-11/h2-5H,6,8H2,1H3/b10-4+. The van der Waals surface area contributed by atoms with E-state index in [4.69, 9.17) is 14.7 Å². The van der Waals surface area contributed by atoms with Gasteiger partial charge in [-0.2, -0.15) is 5.26 Å². The van der Waals surface area contributed by atoms with Crippen molar-refractivity contribution >= 4 is 23.8 Å². The number of thioether (sulfide) groups is 1. The molecule has 1 heterocycles. The molecule has 0 aliphatic carbocycles. The average Bonchev–Trinajstić information content (AvgIpc) is 2.90. The molecule has 0 aromatic heterocycles. The molecule has 0 saturated heterocycles. The van der Waals surface area contributed by atoms with Crippen molar-refractivity contribution in [1.82, 2.24) is 0 Å². The number of fused-ring (bicyclic) bond motifs is 1. The zero-order valence-electron chi connectivity index (χ0n) is 10.2. The number of carbonyl (C=O) groups is 1. The molecule has 0 fully saturated rings. The van der Waals surface area contributed by atoms with Gasteiger partial charge in [-0.15, -0.1) is 0 Å². The van der Waals surface area contributed by atoms with Crippen molar-refractivity contribution in [3.05, 3.63) is 29.3 Å². The van der Waals surface area contributed by atoms with Crippen LogP contribution in [0.15, 0.2) is 23.8 Å². The number of hydrogen-bond acceptors (Lipinski definition) is 6. The van der Waals surface area contributed by atoms with Crippen LogP contribution in [0.2, 0.25) is 0 Å². The summed E-state index contributed by atoms with van der Waals surface area (Å²) < 4.78 is 15.2. The predicted molar refractivity (Wildman–Crippen MR) is 70.6 cm³/mol. The Labute approximate surface area is 114 Å². The van der Waals surface area contributed by atoms with Crippen LogP contribution in [-0.4, -0.2) is 25.6 Å². The first-order chi connectivity index (χ1) is 9.24. The van der Waals surface area contributed by atoms with E-state index in [2.05, 4.69) is 4.74 Å². The molecule has 6 heteroatoms. The molecule has 0 amide bonds. The Morgan fingerprint density at radius 3 is 3.05 bits per heavy atom. The molecule has 0 atom stereocenters. The van der Waals surface area contributed by atoms with Crippen molar-refractivity contribution in [3.8, 4) is 16.9 Å². The minimum atomic E-state index is -0.444. The van der Waals surface area contributed by atoms with E-state index in [0.717, 1.165) is 17.3 Å². The topological polar surface area (TPSA) is 68.6 Å². The lowest BCUT2D eigenvalue weighted by molar-refractivity contribution is -0.135. The number of thiocyanates is 1. The maximum atomic E-state index is 11.6. The van der Waals surface area contributed by atoms with Crippen LogP contribution in [0, 0.1) is 10.7 Å². The van der Waals surface area contributed by atoms with Gasteiger partial charge in [-0.1, -0.05) is 6.07 Å². The fraction of sp³-hybridized carbons (Fsp3) is 0.231. The highest BCUT2D eigenvalue weighted by Crippen LogP contribution is 2.33. The number of nitrogens with zero attached hydrogens (tertiary/aromatic N) is 1. The molecular weight excluding hydrogens is 266 g/mol. The largest absolute Gasteiger partial charge is 0.466 e. The van der Waals surface area contributed by atoms with Gasteiger partial charge in [-0.3, -0.25) is 0 Å². The molecule has 1 aromatic carbocycles. The van der Waals surface area contributed by atoms with E-state index in [1.54, 1.807) is 18.2 Å². The molecule has 0 saturated carbocycles. The normalized spacial score (nSPS) is 12.9. The van der Waals surface area contributed by atoms with Crippen LogP contribution in [0.3, 0.4) is 0 Å². The Hall–Kier alpha value is -2.13. The lowest BCUT2D eigenvalue weighted by Gasteiger charge is -2.03. The summed E-state index contributed by atoms with van der Waals surface area (Å²) in [7, 11) is 1.31. The van der Waals surface area contributed by atoms with Crippen molar-refractivity contribution in [1.29, 1.82) is 5.26 Å². The summed E-state index contributed by atoms with van der Waals surface area (Å²) in [5, 5.41) is 10.5. The highest BCUT2D eigenvalue weighted by molar-refractivity contribution is 8.03. The number of carbonyl (C=O) groups excluding carboxylic acids is 1. The van der Waals surface area contributed by atoms with Gasteiger partial charge in [0.05, 0.1) is 7.11 Å². The number of benzene rings is 1. The lowest BCUT2D eigenvalue weighted by atomic mass is 10.1. The quantitative estimate of drug-likeness (QED) is 0.477. The SMILES string of the molecule is COC(=O)/C(=C/c1ccc2c(c1)OCO2)CSC#N. The highest BCUT2D eigenvalue weighted by atomic mass is 32.2. The predicted octanol–water partition coefficient (Wildman–Crippen LogP) is 2.19. The van der Waals surface area contributed by atoms with Crippen LogP contribution in [-0.2, 0) is 9.53 Å². The molecule has 0 radical (unpaired) electrons. The van der Waals surface area contributed by atoms with Gasteiger partial charge >= 0.3 is 5.97 Å². The van der Waals surface area contributed by atoms with Crippen LogP contribution in [0.25, 0.3) is 6.08 Å². The molecule has 5 nitrogen and oxygen atoms in total. The maximum Gasteiger partial charge on any atom is 0.334 e. The van der Waals surface area contributed by atoms with E-state index in [0.29, 0.717) is 17.1 Å². The first-order valence-electron chi connectivity index (χ1n) is 5.44. The molecule has 0 unspecified atom stereocenters. The molecule has 0 N–H and O–H groups in total. The number of ether oxygens (including phenoxy) is 3. The van der Waals surface area contributed by atoms with Gasteiger partial charge in [0.2, 0.25) is 6.79 Å². The fourth-order valence-electron chi connectivity index (χ4n) is 1.60. The maximum absolute atomic E-state index is 11.6. The first-order valence-corrected chi connectivity index (χ1v) is 6.42. The van der Waals surface area contributed by atoms with Gasteiger partial charge in [0, 0.05) is 11.3 Å². The summed E-state index contributed by atoms with van der Waals surface area (Å²) in [6.07, 6.45) is 1.68. The Morgan fingerprint density at radius 2 is 2.32 bits per heavy atom. The third-order valence-electron chi connectivity index (χ3n) is 2.48. The Balaban J connectivity index is 2.25. The third-order valence-corrected chi connectivity index (χ3v) is 3.06. The van der Waals surface area contributed by atoms with Gasteiger partial charge in [0.1, 0.15) is 5.40 Å². The van der Waals surface area contributed by atoms with E-state index < -0.39 is 5.97 Å². The molecular formula is C13H11NO4S. The van der Waals surface area contributed by atoms with Crippen LogP contribution in [0.1, 0.15) is 5.56 Å². The second-order valence-electron chi connectivity index (χ2n) is 3.65. The van der Waals surface area contributed by atoms with Crippen LogP contribution in [0.5, 0.6) is 11.5 Å². The second-order valence-corrected chi connectivity index (χ2v) is 4.41. The lowest BCUT2D eigenvalue weighted by Crippen LogP contribution is -2.06. The number of esters is 1. The van der Waals surface area contributed by atoms with E-state index in [1.165, 1.54) is 7.11 Å². The zero-order valence-corrected chi connectivity index (χ0v) is 11.0. The molecule has 1 aromatic rings. The molecule has 2 rings (SSSR count). The smallest absolute Gasteiger partial charge is 0.334 e. The average molecular weight is 277 g/mol. The van der Waals surface area contributed by atoms with E-state index in [1.807, 2.05) is 11.5 Å². The summed E-state index contributed by atoms with van der Waals surface area (Å²) in [5.74, 6) is 1.16. The number of hydrogen-bond donors (Lipinski definition) is 0. The monoisotopic (exact) mass is 277 g/mol. The number of methoxy groups -OCH3 is 1. The molecule has 98 valence electrons. The first kappa shape index (κ1) is 13.3. The van der Waals surface area contributed by atoms with E-state index in [9.17, 15) is 4.79 Å². The Kier molecular flexibility index (Phi) is 4.31. The van der Waals surface area contributed by atoms with E-state index in [-0.39, 0.29) is 12.5 Å². The Bertz CT molecular complexity index is 562. The molecule has 1 aliphatic rings. The minimum absolute atomic E-state index is 0.205. The number of rotatable bonds is 4. The van der Waals surface area contributed by atoms with Gasteiger partial charge in [-0.25, -0.2) is 4.79 Å². The fourth-order valence-corrected chi connectivity index (χ4v) is 2.03. The summed E-state index contributed by atoms with van der Waals surface area (Å²) in [4.78, 5) is 11.6. The molecule has 0 bridgehead atoms. The zero-order chi connectivity index (χ0) is 13.7. The summed E-state index contributed by atoms with van der Waals surface area (Å²) in [6, 6.07) is 5.37. The van der Waals surface area contributed by atoms with Crippen molar-refractivity contribution in [2.24, 2.45) is 0 Å². The van der Waals surface area contributed by atoms with Crippen LogP contribution in [0.4, 0.5) is 0 Å². The summed E-state index contributed by atoms with van der Waals surface area (Å²) >= 11 is 0.985. The molecule has 0 spiro atoms. The van der Waals surface area contributed by atoms with Crippen molar-refractivity contribution < 1.29 is 19.0 Å². The molecule has 1 aliphatic heterocycles. The third kappa shape index (κ3) is 3.20. The minimum Gasteiger partial charge on any atom is -0.466 e. The number of nitriles is 1. The van der Waals surface area contributed by atoms with Crippen molar-refractivity contribution in [2.75, 3.05) is 19.7 Å². The second kappa shape index (κ2) is 6.16. The van der Waals surface area contributed by atoms with Gasteiger partial charge in [0.15, 0.2) is 11.5 Å². The summed E-state index contributed by atoms with van der Waals surface area (Å²) in [6.45, 7) is 0.205. The van der Waals surface area contributed by atoms with Crippen LogP contribution >= 0.6 is 11.8 Å². The van der Waals surface area contributed by atoms with Crippen molar-refractivity contribution in [3.63, 3.8) is 0 Å². The van der Waals surface area contributed by atoms with Crippen LogP contribution < -0.4 is 9.47 Å². The van der Waals surface area contributed by atoms with Gasteiger partial charge < -0.3 is 14.2 Å². The van der Waals surface area contributed by atoms with E-state index >= 15 is 0 Å². The van der Waals surface area contributed by atoms with Gasteiger partial charge in [0.25, 0.3) is 0 Å². The van der Waals surface area contributed by atoms with Gasteiger partial charge in [-0.05, 0) is 35.5 Å². The molecule has 19 heavy (non-hydrogen) atoms.